The molecule has 0 radical (unpaired) electrons. The van der Waals surface area contributed by atoms with E-state index in [-0.39, 0.29) is 5.69 Å². The predicted octanol–water partition coefficient (Wildman–Crippen LogP) is 3.27. The quantitative estimate of drug-likeness (QED) is 0.624. The van der Waals surface area contributed by atoms with Crippen LogP contribution in [-0.4, -0.2) is 21.8 Å². The van der Waals surface area contributed by atoms with Gasteiger partial charge < -0.3 is 10.1 Å². The first-order valence-electron chi connectivity index (χ1n) is 6.74. The van der Waals surface area contributed by atoms with E-state index in [4.69, 9.17) is 4.74 Å². The Morgan fingerprint density at radius 1 is 1.50 bits per heavy atom. The average molecular weight is 369 g/mol. The maximum atomic E-state index is 10.8. The molecule has 2 rings (SSSR count). The zero-order chi connectivity index (χ0) is 16.3. The zero-order valence-electron chi connectivity index (χ0n) is 12.6. The highest BCUT2D eigenvalue weighted by Gasteiger charge is 2.16. The number of rotatable bonds is 6. The minimum absolute atomic E-state index is 0.0469. The molecule has 0 saturated carbocycles. The summed E-state index contributed by atoms with van der Waals surface area (Å²) in [4.78, 5) is 10.3. The van der Waals surface area contributed by atoms with E-state index in [0.717, 1.165) is 23.4 Å². The summed E-state index contributed by atoms with van der Waals surface area (Å²) in [7, 11) is 3.45. The smallest absolute Gasteiger partial charge is 0.270 e. The number of nitro benzene ring substituents is 1. The van der Waals surface area contributed by atoms with Crippen molar-refractivity contribution in [2.75, 3.05) is 12.4 Å². The third-order valence-corrected chi connectivity index (χ3v) is 3.97. The second-order valence-corrected chi connectivity index (χ2v) is 5.54. The monoisotopic (exact) mass is 368 g/mol. The number of benzene rings is 1. The number of hydrogen-bond acceptors (Lipinski definition) is 5. The van der Waals surface area contributed by atoms with Crippen molar-refractivity contribution in [3.63, 3.8) is 0 Å². The van der Waals surface area contributed by atoms with E-state index in [0.29, 0.717) is 16.9 Å². The molecule has 0 atom stereocenters. The zero-order valence-corrected chi connectivity index (χ0v) is 14.2. The number of methoxy groups -OCH3 is 1. The van der Waals surface area contributed by atoms with Crippen LogP contribution in [0.4, 0.5) is 11.4 Å². The van der Waals surface area contributed by atoms with Gasteiger partial charge in [0.25, 0.3) is 5.69 Å². The fourth-order valence-electron chi connectivity index (χ4n) is 2.27. The van der Waals surface area contributed by atoms with E-state index in [9.17, 15) is 10.1 Å². The van der Waals surface area contributed by atoms with Crippen molar-refractivity contribution in [3.05, 3.63) is 44.0 Å². The number of nitrogens with one attached hydrogen (secondary N) is 1. The summed E-state index contributed by atoms with van der Waals surface area (Å²) < 4.78 is 7.74. The summed E-state index contributed by atoms with van der Waals surface area (Å²) >= 11 is 3.35. The van der Waals surface area contributed by atoms with E-state index in [2.05, 4.69) is 26.3 Å². The molecule has 0 saturated heterocycles. The van der Waals surface area contributed by atoms with Crippen molar-refractivity contribution >= 4 is 27.3 Å². The van der Waals surface area contributed by atoms with Gasteiger partial charge in [0.2, 0.25) is 5.88 Å². The van der Waals surface area contributed by atoms with Gasteiger partial charge in [-0.25, -0.2) is 4.68 Å². The van der Waals surface area contributed by atoms with Crippen LogP contribution in [-0.2, 0) is 20.0 Å². The van der Waals surface area contributed by atoms with Gasteiger partial charge in [0.05, 0.1) is 23.3 Å². The van der Waals surface area contributed by atoms with Gasteiger partial charge in [0.15, 0.2) is 0 Å². The summed E-state index contributed by atoms with van der Waals surface area (Å²) in [6.07, 6.45) is 0.801. The number of ether oxygens (including phenoxy) is 1. The van der Waals surface area contributed by atoms with Crippen molar-refractivity contribution in [1.29, 1.82) is 0 Å². The summed E-state index contributed by atoms with van der Waals surface area (Å²) in [5.41, 5.74) is 2.77. The van der Waals surface area contributed by atoms with Crippen LogP contribution < -0.4 is 10.1 Å². The van der Waals surface area contributed by atoms with Crippen LogP contribution in [0.3, 0.4) is 0 Å². The Labute approximate surface area is 136 Å². The Kier molecular flexibility index (Phi) is 5.02. The maximum absolute atomic E-state index is 10.8. The first kappa shape index (κ1) is 16.3. The number of non-ortho nitro benzene ring substituents is 1. The Hall–Kier alpha value is -2.09. The second-order valence-electron chi connectivity index (χ2n) is 4.69. The van der Waals surface area contributed by atoms with E-state index >= 15 is 0 Å². The lowest BCUT2D eigenvalue weighted by molar-refractivity contribution is -0.384. The molecule has 118 valence electrons. The first-order chi connectivity index (χ1) is 10.5. The van der Waals surface area contributed by atoms with Crippen LogP contribution in [0.5, 0.6) is 5.88 Å². The lowest BCUT2D eigenvalue weighted by Gasteiger charge is -2.10. The molecule has 1 aromatic heterocycles. The highest BCUT2D eigenvalue weighted by atomic mass is 79.9. The molecule has 7 nitrogen and oxygen atoms in total. The Morgan fingerprint density at radius 3 is 2.77 bits per heavy atom. The normalized spacial score (nSPS) is 10.5. The third kappa shape index (κ3) is 3.22. The number of anilines is 1. The van der Waals surface area contributed by atoms with Crippen LogP contribution in [0, 0.1) is 10.1 Å². The number of aromatic nitrogens is 2. The van der Waals surface area contributed by atoms with Gasteiger partial charge in [-0.1, -0.05) is 6.92 Å². The van der Waals surface area contributed by atoms with Crippen LogP contribution in [0.25, 0.3) is 0 Å². The number of aryl methyl sites for hydroxylation is 2. The molecule has 1 N–H and O–H groups in total. The van der Waals surface area contributed by atoms with Crippen molar-refractivity contribution in [1.82, 2.24) is 9.78 Å². The van der Waals surface area contributed by atoms with Crippen molar-refractivity contribution in [2.24, 2.45) is 7.05 Å². The molecule has 0 aliphatic carbocycles. The van der Waals surface area contributed by atoms with Crippen molar-refractivity contribution in [3.8, 4) is 5.88 Å². The van der Waals surface area contributed by atoms with E-state index in [1.807, 2.05) is 14.0 Å². The highest BCUT2D eigenvalue weighted by molar-refractivity contribution is 9.10. The lowest BCUT2D eigenvalue weighted by Crippen LogP contribution is -2.04. The molecular weight excluding hydrogens is 352 g/mol. The third-order valence-electron chi connectivity index (χ3n) is 3.32. The van der Waals surface area contributed by atoms with Gasteiger partial charge in [0, 0.05) is 35.9 Å². The minimum atomic E-state index is -0.423. The summed E-state index contributed by atoms with van der Waals surface area (Å²) in [5, 5.41) is 18.4. The van der Waals surface area contributed by atoms with Gasteiger partial charge in [-0.15, -0.1) is 0 Å². The summed E-state index contributed by atoms with van der Waals surface area (Å²) in [6.45, 7) is 2.56. The maximum Gasteiger partial charge on any atom is 0.270 e. The van der Waals surface area contributed by atoms with E-state index in [1.54, 1.807) is 17.9 Å². The number of nitrogens with zero attached hydrogens (tertiary/aromatic N) is 3. The number of hydrogen-bond donors (Lipinski definition) is 1. The van der Waals surface area contributed by atoms with E-state index < -0.39 is 4.92 Å². The Bertz CT molecular complexity index is 700. The Morgan fingerprint density at radius 2 is 2.23 bits per heavy atom. The molecule has 0 spiro atoms. The summed E-state index contributed by atoms with van der Waals surface area (Å²) in [5.74, 6) is 0.711. The first-order valence-corrected chi connectivity index (χ1v) is 7.53. The van der Waals surface area contributed by atoms with Crippen LogP contribution in [0.15, 0.2) is 22.7 Å². The van der Waals surface area contributed by atoms with Crippen LogP contribution in [0.1, 0.15) is 18.2 Å². The molecule has 1 aromatic carbocycles. The fraction of sp³-hybridized carbons (Fsp3) is 0.357. The molecule has 0 unspecified atom stereocenters. The standard InChI is InChI=1S/C14H17BrN4O3/c1-4-12-10(14(22-3)18(2)17-12)8-16-13-6-5-9(19(20)21)7-11(13)15/h5-7,16H,4,8H2,1-3H3. The molecular formula is C14H17BrN4O3. The lowest BCUT2D eigenvalue weighted by atomic mass is 10.2. The predicted molar refractivity (Wildman–Crippen MR) is 87.3 cm³/mol. The van der Waals surface area contributed by atoms with Crippen LogP contribution in [0.2, 0.25) is 0 Å². The van der Waals surface area contributed by atoms with Crippen molar-refractivity contribution in [2.45, 2.75) is 19.9 Å². The SMILES string of the molecule is CCc1nn(C)c(OC)c1CNc1ccc([N+](=O)[O-])cc1Br. The molecule has 22 heavy (non-hydrogen) atoms. The van der Waals surface area contributed by atoms with Gasteiger partial charge >= 0.3 is 0 Å². The highest BCUT2D eigenvalue weighted by Crippen LogP contribution is 2.29. The van der Waals surface area contributed by atoms with Gasteiger partial charge in [-0.05, 0) is 28.4 Å². The fourth-order valence-corrected chi connectivity index (χ4v) is 2.77. The van der Waals surface area contributed by atoms with Gasteiger partial charge in [0.1, 0.15) is 0 Å². The van der Waals surface area contributed by atoms with Crippen molar-refractivity contribution < 1.29 is 9.66 Å². The molecule has 0 fully saturated rings. The number of halogens is 1. The van der Waals surface area contributed by atoms with Gasteiger partial charge in [-0.2, -0.15) is 5.10 Å². The molecule has 8 heteroatoms. The van der Waals surface area contributed by atoms with E-state index in [1.165, 1.54) is 12.1 Å². The molecule has 0 amide bonds. The molecule has 0 bridgehead atoms. The van der Waals surface area contributed by atoms with Crippen LogP contribution >= 0.6 is 15.9 Å². The second kappa shape index (κ2) is 6.78. The number of nitro groups is 1. The summed E-state index contributed by atoms with van der Waals surface area (Å²) in [6, 6.07) is 4.62. The average Bonchev–Trinajstić information content (AvgIpc) is 2.80. The molecule has 2 aromatic rings. The molecule has 1 heterocycles. The molecule has 0 aliphatic heterocycles. The topological polar surface area (TPSA) is 82.2 Å². The largest absolute Gasteiger partial charge is 0.481 e. The minimum Gasteiger partial charge on any atom is -0.481 e. The Balaban J connectivity index is 2.22. The molecule has 0 aliphatic rings. The van der Waals surface area contributed by atoms with Gasteiger partial charge in [-0.3, -0.25) is 10.1 Å².